The van der Waals surface area contributed by atoms with Crippen LogP contribution in [0.2, 0.25) is 0 Å². The summed E-state index contributed by atoms with van der Waals surface area (Å²) < 4.78 is 0. The monoisotopic (exact) mass is 308 g/mol. The Kier molecular flexibility index (Phi) is 5.04. The van der Waals surface area contributed by atoms with E-state index in [4.69, 9.17) is 0 Å². The summed E-state index contributed by atoms with van der Waals surface area (Å²) in [5.74, 6) is 0.376. The van der Waals surface area contributed by atoms with Gasteiger partial charge in [-0.3, -0.25) is 9.59 Å². The second kappa shape index (κ2) is 6.60. The van der Waals surface area contributed by atoms with Crippen LogP contribution in [-0.2, 0) is 11.2 Å². The first kappa shape index (κ1) is 16.0. The van der Waals surface area contributed by atoms with Gasteiger partial charge in [0.15, 0.2) is 0 Å². The van der Waals surface area contributed by atoms with E-state index in [0.717, 1.165) is 24.1 Å². The molecule has 0 radical (unpaired) electrons. The van der Waals surface area contributed by atoms with Crippen LogP contribution in [0.15, 0.2) is 6.07 Å². The van der Waals surface area contributed by atoms with Gasteiger partial charge in [-0.25, -0.2) is 0 Å². The Balaban J connectivity index is 1.98. The fourth-order valence-corrected chi connectivity index (χ4v) is 3.91. The van der Waals surface area contributed by atoms with Crippen LogP contribution in [0.25, 0.3) is 0 Å². The van der Waals surface area contributed by atoms with Crippen molar-refractivity contribution in [1.82, 2.24) is 9.80 Å². The zero-order valence-corrected chi connectivity index (χ0v) is 14.1. The first-order valence-electron chi connectivity index (χ1n) is 7.53. The summed E-state index contributed by atoms with van der Waals surface area (Å²) in [6, 6.07) is 2.03. The molecule has 4 nitrogen and oxygen atoms in total. The van der Waals surface area contributed by atoms with Crippen LogP contribution in [0.4, 0.5) is 0 Å². The molecule has 0 saturated carbocycles. The van der Waals surface area contributed by atoms with Gasteiger partial charge in [0.05, 0.1) is 4.88 Å². The maximum absolute atomic E-state index is 12.5. The third kappa shape index (κ3) is 3.46. The molecule has 0 aliphatic carbocycles. The summed E-state index contributed by atoms with van der Waals surface area (Å²) in [6.07, 6.45) is 2.51. The molecular weight excluding hydrogens is 284 g/mol. The molecule has 0 N–H and O–H groups in total. The Morgan fingerprint density at radius 3 is 2.43 bits per heavy atom. The maximum atomic E-state index is 12.5. The number of nitrogens with zero attached hydrogens (tertiary/aromatic N) is 2. The van der Waals surface area contributed by atoms with Gasteiger partial charge >= 0.3 is 0 Å². The third-order valence-corrected chi connectivity index (χ3v) is 5.27. The Labute approximate surface area is 130 Å². The number of rotatable bonds is 3. The van der Waals surface area contributed by atoms with Gasteiger partial charge in [-0.1, -0.05) is 6.92 Å². The number of hydrogen-bond acceptors (Lipinski definition) is 3. The predicted molar refractivity (Wildman–Crippen MR) is 85.8 cm³/mol. The van der Waals surface area contributed by atoms with Crippen molar-refractivity contribution in [1.29, 1.82) is 0 Å². The van der Waals surface area contributed by atoms with E-state index in [9.17, 15) is 9.59 Å². The quantitative estimate of drug-likeness (QED) is 0.861. The minimum atomic E-state index is 0.0697. The molecule has 1 saturated heterocycles. The highest BCUT2D eigenvalue weighted by Gasteiger charge is 2.29. The van der Waals surface area contributed by atoms with E-state index >= 15 is 0 Å². The zero-order chi connectivity index (χ0) is 15.6. The van der Waals surface area contributed by atoms with Crippen molar-refractivity contribution >= 4 is 23.2 Å². The lowest BCUT2D eigenvalue weighted by Gasteiger charge is -2.32. The molecule has 0 unspecified atom stereocenters. The summed E-state index contributed by atoms with van der Waals surface area (Å²) >= 11 is 1.59. The van der Waals surface area contributed by atoms with Gasteiger partial charge in [-0.05, 0) is 37.8 Å². The molecular formula is C16H24N2O2S. The van der Waals surface area contributed by atoms with E-state index in [-0.39, 0.29) is 17.7 Å². The first-order valence-corrected chi connectivity index (χ1v) is 8.35. The lowest BCUT2D eigenvalue weighted by molar-refractivity contribution is -0.134. The van der Waals surface area contributed by atoms with E-state index in [1.54, 1.807) is 30.3 Å². The lowest BCUT2D eigenvalue weighted by Crippen LogP contribution is -2.42. The average Bonchev–Trinajstić information content (AvgIpc) is 2.87. The molecule has 116 valence electrons. The Morgan fingerprint density at radius 1 is 1.33 bits per heavy atom. The van der Waals surface area contributed by atoms with Gasteiger partial charge in [0, 0.05) is 38.0 Å². The topological polar surface area (TPSA) is 40.6 Å². The van der Waals surface area contributed by atoms with E-state index < -0.39 is 0 Å². The van der Waals surface area contributed by atoms with Crippen LogP contribution >= 0.6 is 11.3 Å². The van der Waals surface area contributed by atoms with Gasteiger partial charge in [-0.15, -0.1) is 11.3 Å². The molecule has 0 bridgehead atoms. The van der Waals surface area contributed by atoms with Crippen LogP contribution in [0.5, 0.6) is 0 Å². The summed E-state index contributed by atoms with van der Waals surface area (Å²) in [4.78, 5) is 30.1. The zero-order valence-electron chi connectivity index (χ0n) is 13.3. The van der Waals surface area contributed by atoms with Crippen molar-refractivity contribution in [3.05, 3.63) is 21.4 Å². The Bertz CT molecular complexity index is 528. The van der Waals surface area contributed by atoms with Crippen molar-refractivity contribution in [2.75, 3.05) is 27.2 Å². The van der Waals surface area contributed by atoms with Gasteiger partial charge in [-0.2, -0.15) is 0 Å². The maximum Gasteiger partial charge on any atom is 0.263 e. The molecule has 0 aromatic carbocycles. The standard InChI is InChI=1S/C16H24N2O2S/c1-5-12-10-14(21-11(12)2)16(20)18-8-6-13(7-9-18)15(19)17(3)4/h10,13H,5-9H2,1-4H3. The molecule has 21 heavy (non-hydrogen) atoms. The molecule has 2 amide bonds. The van der Waals surface area contributed by atoms with Gasteiger partial charge < -0.3 is 9.80 Å². The van der Waals surface area contributed by atoms with E-state index in [2.05, 4.69) is 13.8 Å². The van der Waals surface area contributed by atoms with Crippen LogP contribution in [0.1, 0.15) is 39.9 Å². The summed E-state index contributed by atoms with van der Waals surface area (Å²) in [7, 11) is 3.58. The van der Waals surface area contributed by atoms with Gasteiger partial charge in [0.25, 0.3) is 5.91 Å². The number of likely N-dealkylation sites (tertiary alicyclic amines) is 1. The molecule has 0 atom stereocenters. The van der Waals surface area contributed by atoms with Crippen LogP contribution in [0, 0.1) is 12.8 Å². The third-order valence-electron chi connectivity index (χ3n) is 4.18. The molecule has 1 aliphatic rings. The second-order valence-electron chi connectivity index (χ2n) is 5.84. The molecule has 1 fully saturated rings. The minimum Gasteiger partial charge on any atom is -0.349 e. The number of aryl methyl sites for hydroxylation is 2. The number of carbonyl (C=O) groups is 2. The van der Waals surface area contributed by atoms with E-state index in [0.29, 0.717) is 13.1 Å². The number of hydrogen-bond donors (Lipinski definition) is 0. The van der Waals surface area contributed by atoms with Crippen molar-refractivity contribution in [2.24, 2.45) is 5.92 Å². The fourth-order valence-electron chi connectivity index (χ4n) is 2.83. The van der Waals surface area contributed by atoms with Crippen LogP contribution < -0.4 is 0 Å². The fraction of sp³-hybridized carbons (Fsp3) is 0.625. The predicted octanol–water partition coefficient (Wildman–Crippen LogP) is 2.56. The highest BCUT2D eigenvalue weighted by molar-refractivity contribution is 7.14. The van der Waals surface area contributed by atoms with Crippen LogP contribution in [-0.4, -0.2) is 48.8 Å². The molecule has 1 aliphatic heterocycles. The number of piperidine rings is 1. The smallest absolute Gasteiger partial charge is 0.263 e. The summed E-state index contributed by atoms with van der Waals surface area (Å²) in [5.41, 5.74) is 1.26. The van der Waals surface area contributed by atoms with E-state index in [1.807, 2.05) is 11.0 Å². The largest absolute Gasteiger partial charge is 0.349 e. The Morgan fingerprint density at radius 2 is 1.95 bits per heavy atom. The molecule has 1 aromatic rings. The van der Waals surface area contributed by atoms with E-state index in [1.165, 1.54) is 10.4 Å². The first-order chi connectivity index (χ1) is 9.93. The number of carbonyl (C=O) groups excluding carboxylic acids is 2. The lowest BCUT2D eigenvalue weighted by atomic mass is 9.95. The van der Waals surface area contributed by atoms with Crippen LogP contribution in [0.3, 0.4) is 0 Å². The van der Waals surface area contributed by atoms with Crippen molar-refractivity contribution in [2.45, 2.75) is 33.1 Å². The van der Waals surface area contributed by atoms with Gasteiger partial charge in [0.1, 0.15) is 0 Å². The molecule has 0 spiro atoms. The average molecular weight is 308 g/mol. The second-order valence-corrected chi connectivity index (χ2v) is 7.10. The molecule has 1 aromatic heterocycles. The molecule has 2 rings (SSSR count). The normalized spacial score (nSPS) is 16.1. The van der Waals surface area contributed by atoms with Gasteiger partial charge in [0.2, 0.25) is 5.91 Å². The summed E-state index contributed by atoms with van der Waals surface area (Å²) in [5, 5.41) is 0. The van der Waals surface area contributed by atoms with Crippen molar-refractivity contribution < 1.29 is 9.59 Å². The molecule has 2 heterocycles. The minimum absolute atomic E-state index is 0.0697. The SMILES string of the molecule is CCc1cc(C(=O)N2CCC(C(=O)N(C)C)CC2)sc1C. The highest BCUT2D eigenvalue weighted by Crippen LogP contribution is 2.26. The Hall–Kier alpha value is -1.36. The highest BCUT2D eigenvalue weighted by atomic mass is 32.1. The van der Waals surface area contributed by atoms with Crippen molar-refractivity contribution in [3.8, 4) is 0 Å². The summed E-state index contributed by atoms with van der Waals surface area (Å²) in [6.45, 7) is 5.55. The number of amides is 2. The molecule has 5 heteroatoms. The number of thiophene rings is 1. The van der Waals surface area contributed by atoms with Crippen molar-refractivity contribution in [3.63, 3.8) is 0 Å².